The molecule has 6 nitrogen and oxygen atoms in total. The molecule has 0 unspecified atom stereocenters. The van der Waals surface area contributed by atoms with Crippen molar-refractivity contribution in [2.75, 3.05) is 19.8 Å². The van der Waals surface area contributed by atoms with Crippen LogP contribution in [0.15, 0.2) is 0 Å². The van der Waals surface area contributed by atoms with E-state index in [2.05, 4.69) is 15.5 Å². The standard InChI is InChI=1S/C20H32FN5O/c21-11-15-12-26(20(27)22-16-9-5-2-6-10-16)13-17(15)19-23-18(24-25-19)14-7-3-1-4-8-14/h14-17H,1-13H2,(H,22,27)(H,23,24,25)/t15-,17-/m1/s1. The molecule has 1 saturated heterocycles. The summed E-state index contributed by atoms with van der Waals surface area (Å²) in [5.41, 5.74) is 0. The molecular weight excluding hydrogens is 345 g/mol. The van der Waals surface area contributed by atoms with Crippen molar-refractivity contribution in [3.8, 4) is 0 Å². The van der Waals surface area contributed by atoms with Crippen LogP contribution in [-0.2, 0) is 0 Å². The maximum absolute atomic E-state index is 13.7. The van der Waals surface area contributed by atoms with E-state index in [1.165, 1.54) is 38.5 Å². The molecule has 2 saturated carbocycles. The molecule has 0 radical (unpaired) electrons. The van der Waals surface area contributed by atoms with E-state index in [0.717, 1.165) is 37.3 Å². The monoisotopic (exact) mass is 377 g/mol. The highest BCUT2D eigenvalue weighted by Crippen LogP contribution is 2.34. The Morgan fingerprint density at radius 2 is 1.78 bits per heavy atom. The van der Waals surface area contributed by atoms with Gasteiger partial charge in [-0.05, 0) is 25.7 Å². The molecule has 3 aliphatic rings. The highest BCUT2D eigenvalue weighted by atomic mass is 19.1. The zero-order valence-corrected chi connectivity index (χ0v) is 16.1. The summed E-state index contributed by atoms with van der Waals surface area (Å²) in [5.74, 6) is 1.78. The minimum absolute atomic E-state index is 0.0464. The molecule has 27 heavy (non-hydrogen) atoms. The van der Waals surface area contributed by atoms with Gasteiger partial charge in [0.05, 0.1) is 6.67 Å². The third-order valence-electron chi connectivity index (χ3n) is 6.70. The topological polar surface area (TPSA) is 73.9 Å². The van der Waals surface area contributed by atoms with Crippen molar-refractivity contribution in [2.24, 2.45) is 5.92 Å². The molecule has 4 rings (SSSR count). The Labute approximate surface area is 160 Å². The predicted molar refractivity (Wildman–Crippen MR) is 101 cm³/mol. The number of amides is 2. The van der Waals surface area contributed by atoms with Crippen LogP contribution in [0.1, 0.15) is 87.7 Å². The fourth-order valence-corrected chi connectivity index (χ4v) is 5.01. The number of urea groups is 1. The van der Waals surface area contributed by atoms with Crippen LogP contribution in [0.2, 0.25) is 0 Å². The van der Waals surface area contributed by atoms with Gasteiger partial charge in [-0.15, -0.1) is 0 Å². The average Bonchev–Trinajstić information content (AvgIpc) is 3.36. The maximum Gasteiger partial charge on any atom is 0.317 e. The van der Waals surface area contributed by atoms with E-state index in [1.807, 2.05) is 0 Å². The first-order valence-electron chi connectivity index (χ1n) is 10.8. The first-order chi connectivity index (χ1) is 13.2. The number of carbonyl (C=O) groups excluding carboxylic acids is 1. The Morgan fingerprint density at radius 1 is 1.07 bits per heavy atom. The van der Waals surface area contributed by atoms with Crippen molar-refractivity contribution in [1.29, 1.82) is 0 Å². The van der Waals surface area contributed by atoms with Crippen molar-refractivity contribution in [1.82, 2.24) is 25.4 Å². The number of halogens is 1. The molecular formula is C20H32FN5O. The smallest absolute Gasteiger partial charge is 0.317 e. The van der Waals surface area contributed by atoms with E-state index in [1.54, 1.807) is 4.90 Å². The normalized spacial score (nSPS) is 27.8. The lowest BCUT2D eigenvalue weighted by Crippen LogP contribution is -2.44. The quantitative estimate of drug-likeness (QED) is 0.836. The van der Waals surface area contributed by atoms with Crippen molar-refractivity contribution in [3.05, 3.63) is 11.6 Å². The molecule has 2 amide bonds. The maximum atomic E-state index is 13.7. The SMILES string of the molecule is O=C(NC1CCCCC1)N1C[C@@H](CF)[C@H](c2nc(C3CCCCC3)n[nH]2)C1. The number of carbonyl (C=O) groups is 1. The van der Waals surface area contributed by atoms with Gasteiger partial charge in [-0.2, -0.15) is 5.10 Å². The van der Waals surface area contributed by atoms with E-state index in [4.69, 9.17) is 4.98 Å². The molecule has 1 aliphatic heterocycles. The van der Waals surface area contributed by atoms with E-state index in [9.17, 15) is 9.18 Å². The second-order valence-corrected chi connectivity index (χ2v) is 8.62. The second kappa shape index (κ2) is 8.57. The van der Waals surface area contributed by atoms with Crippen molar-refractivity contribution >= 4 is 6.03 Å². The summed E-state index contributed by atoms with van der Waals surface area (Å²) in [4.78, 5) is 19.2. The van der Waals surface area contributed by atoms with Crippen LogP contribution in [0, 0.1) is 5.92 Å². The van der Waals surface area contributed by atoms with Crippen LogP contribution in [0.5, 0.6) is 0 Å². The lowest BCUT2D eigenvalue weighted by Gasteiger charge is -2.26. The minimum Gasteiger partial charge on any atom is -0.335 e. The first kappa shape index (κ1) is 18.7. The zero-order valence-electron chi connectivity index (χ0n) is 16.1. The van der Waals surface area contributed by atoms with Gasteiger partial charge in [0.2, 0.25) is 0 Å². The van der Waals surface area contributed by atoms with Gasteiger partial charge in [0.25, 0.3) is 0 Å². The van der Waals surface area contributed by atoms with Crippen molar-refractivity contribution in [3.63, 3.8) is 0 Å². The molecule has 2 N–H and O–H groups in total. The van der Waals surface area contributed by atoms with Crippen LogP contribution < -0.4 is 5.32 Å². The molecule has 0 spiro atoms. The molecule has 150 valence electrons. The van der Waals surface area contributed by atoms with Gasteiger partial charge in [0.1, 0.15) is 5.82 Å². The number of rotatable bonds is 4. The summed E-state index contributed by atoms with van der Waals surface area (Å²) in [5, 5.41) is 10.7. The van der Waals surface area contributed by atoms with Crippen LogP contribution in [0.3, 0.4) is 0 Å². The van der Waals surface area contributed by atoms with Crippen LogP contribution in [-0.4, -0.2) is 51.9 Å². The number of alkyl halides is 1. The van der Waals surface area contributed by atoms with Gasteiger partial charge < -0.3 is 10.2 Å². The summed E-state index contributed by atoms with van der Waals surface area (Å²) in [6, 6.07) is 0.229. The summed E-state index contributed by atoms with van der Waals surface area (Å²) >= 11 is 0. The predicted octanol–water partition coefficient (Wildman–Crippen LogP) is 3.88. The van der Waals surface area contributed by atoms with Crippen molar-refractivity contribution < 1.29 is 9.18 Å². The van der Waals surface area contributed by atoms with E-state index < -0.39 is 6.67 Å². The third-order valence-corrected chi connectivity index (χ3v) is 6.70. The molecule has 0 aromatic carbocycles. The highest BCUT2D eigenvalue weighted by molar-refractivity contribution is 5.75. The number of hydrogen-bond acceptors (Lipinski definition) is 3. The van der Waals surface area contributed by atoms with Gasteiger partial charge in [-0.1, -0.05) is 38.5 Å². The van der Waals surface area contributed by atoms with Crippen LogP contribution >= 0.6 is 0 Å². The molecule has 0 bridgehead atoms. The third kappa shape index (κ3) is 4.27. The van der Waals surface area contributed by atoms with Gasteiger partial charge in [-0.25, -0.2) is 9.78 Å². The van der Waals surface area contributed by atoms with E-state index in [-0.39, 0.29) is 23.9 Å². The molecule has 2 heterocycles. The second-order valence-electron chi connectivity index (χ2n) is 8.62. The molecule has 1 aromatic rings. The lowest BCUT2D eigenvalue weighted by molar-refractivity contribution is 0.197. The molecule has 2 atom stereocenters. The van der Waals surface area contributed by atoms with Gasteiger partial charge in [-0.3, -0.25) is 9.49 Å². The minimum atomic E-state index is -0.433. The number of hydrogen-bond donors (Lipinski definition) is 2. The highest BCUT2D eigenvalue weighted by Gasteiger charge is 2.39. The van der Waals surface area contributed by atoms with Crippen LogP contribution in [0.25, 0.3) is 0 Å². The van der Waals surface area contributed by atoms with Gasteiger partial charge >= 0.3 is 6.03 Å². The number of nitrogens with zero attached hydrogens (tertiary/aromatic N) is 3. The molecule has 1 aromatic heterocycles. The molecule has 2 aliphatic carbocycles. The fraction of sp³-hybridized carbons (Fsp3) is 0.850. The fourth-order valence-electron chi connectivity index (χ4n) is 5.01. The van der Waals surface area contributed by atoms with E-state index >= 15 is 0 Å². The summed E-state index contributed by atoms with van der Waals surface area (Å²) < 4.78 is 13.7. The number of likely N-dealkylation sites (tertiary alicyclic amines) is 1. The summed E-state index contributed by atoms with van der Waals surface area (Å²) in [6.07, 6.45) is 11.8. The van der Waals surface area contributed by atoms with Gasteiger partial charge in [0.15, 0.2) is 5.82 Å². The number of nitrogens with one attached hydrogen (secondary N) is 2. The van der Waals surface area contributed by atoms with Crippen molar-refractivity contribution in [2.45, 2.75) is 82.1 Å². The summed E-state index contributed by atoms with van der Waals surface area (Å²) in [6.45, 7) is 0.545. The average molecular weight is 378 g/mol. The first-order valence-corrected chi connectivity index (χ1v) is 10.8. The Kier molecular flexibility index (Phi) is 5.93. The Morgan fingerprint density at radius 3 is 2.48 bits per heavy atom. The Hall–Kier alpha value is -1.66. The summed E-state index contributed by atoms with van der Waals surface area (Å²) in [7, 11) is 0. The van der Waals surface area contributed by atoms with Crippen LogP contribution in [0.4, 0.5) is 9.18 Å². The van der Waals surface area contributed by atoms with Gasteiger partial charge in [0, 0.05) is 36.9 Å². The molecule has 7 heteroatoms. The Bertz CT molecular complexity index is 624. The zero-order chi connectivity index (χ0) is 18.6. The Balaban J connectivity index is 1.39. The number of aromatic amines is 1. The number of H-pyrrole nitrogens is 1. The van der Waals surface area contributed by atoms with E-state index in [0.29, 0.717) is 19.0 Å². The largest absolute Gasteiger partial charge is 0.335 e. The molecule has 3 fully saturated rings. The lowest BCUT2D eigenvalue weighted by atomic mass is 9.89. The number of aromatic nitrogens is 3.